The first kappa shape index (κ1) is 35.3. The Hall–Kier alpha value is -2.60. The summed E-state index contributed by atoms with van der Waals surface area (Å²) in [6, 6.07) is 10.7. The third-order valence-corrected chi connectivity index (χ3v) is 11.9. The number of hydrogen-bond donors (Lipinski definition) is 2. The van der Waals surface area contributed by atoms with Gasteiger partial charge in [-0.25, -0.2) is 16.8 Å². The molecule has 0 aliphatic carbocycles. The first-order valence-corrected chi connectivity index (χ1v) is 19.4. The van der Waals surface area contributed by atoms with Gasteiger partial charge in [-0.15, -0.1) is 0 Å². The van der Waals surface area contributed by atoms with Gasteiger partial charge in [0.15, 0.2) is 0 Å². The van der Waals surface area contributed by atoms with Gasteiger partial charge in [0.1, 0.15) is 10.6 Å². The Kier molecular flexibility index (Phi) is 12.0. The number of benzene rings is 2. The van der Waals surface area contributed by atoms with Gasteiger partial charge in [0.05, 0.1) is 24.3 Å². The second kappa shape index (κ2) is 15.3. The number of anilines is 2. The van der Waals surface area contributed by atoms with Crippen LogP contribution in [0.15, 0.2) is 52.4 Å². The topological polar surface area (TPSA) is 116 Å². The Labute approximate surface area is 270 Å². The van der Waals surface area contributed by atoms with E-state index in [1.165, 1.54) is 73.2 Å². The lowest BCUT2D eigenvalue weighted by atomic mass is 9.84. The maximum Gasteiger partial charge on any atom is 0.256 e. The molecule has 250 valence electrons. The summed E-state index contributed by atoms with van der Waals surface area (Å²) in [6.07, 6.45) is 12.2. The van der Waals surface area contributed by atoms with E-state index >= 15 is 0 Å². The third-order valence-electron chi connectivity index (χ3n) is 8.91. The van der Waals surface area contributed by atoms with Crippen molar-refractivity contribution in [3.05, 3.63) is 58.6 Å². The van der Waals surface area contributed by atoms with E-state index in [9.17, 15) is 21.9 Å². The van der Waals surface area contributed by atoms with Crippen molar-refractivity contribution in [3.8, 4) is 5.75 Å². The molecule has 2 aromatic rings. The number of ether oxygens (including phenoxy) is 1. The Morgan fingerprint density at radius 1 is 0.911 bits per heavy atom. The van der Waals surface area contributed by atoms with Gasteiger partial charge < -0.3 is 14.7 Å². The molecule has 0 spiro atoms. The fourth-order valence-electron chi connectivity index (χ4n) is 6.32. The number of rotatable bonds is 16. The molecule has 2 N–H and O–H groups in total. The number of fused-ring (bicyclic) bond motifs is 1. The van der Waals surface area contributed by atoms with E-state index in [0.29, 0.717) is 12.2 Å². The van der Waals surface area contributed by atoms with Crippen molar-refractivity contribution >= 4 is 31.4 Å². The Bertz CT molecular complexity index is 1550. The molecule has 2 aliphatic heterocycles. The predicted molar refractivity (Wildman–Crippen MR) is 182 cm³/mol. The van der Waals surface area contributed by atoms with Crippen LogP contribution in [0.3, 0.4) is 0 Å². The largest absolute Gasteiger partial charge is 0.506 e. The fraction of sp³-hybridized carbons (Fsp3) is 0.588. The predicted octanol–water partition coefficient (Wildman–Crippen LogP) is 7.02. The minimum Gasteiger partial charge on any atom is -0.506 e. The lowest BCUT2D eigenvalue weighted by Gasteiger charge is -2.27. The van der Waals surface area contributed by atoms with Gasteiger partial charge in [0.25, 0.3) is 10.0 Å². The second-order valence-corrected chi connectivity index (χ2v) is 16.2. The van der Waals surface area contributed by atoms with E-state index in [2.05, 4.69) is 16.5 Å². The molecule has 0 bridgehead atoms. The Morgan fingerprint density at radius 2 is 1.51 bits per heavy atom. The van der Waals surface area contributed by atoms with Crippen LogP contribution in [0.25, 0.3) is 0 Å². The number of nitrogens with zero attached hydrogens (tertiary/aromatic N) is 2. The summed E-state index contributed by atoms with van der Waals surface area (Å²) in [6.45, 7) is 9.39. The van der Waals surface area contributed by atoms with Crippen LogP contribution in [0.5, 0.6) is 5.75 Å². The van der Waals surface area contributed by atoms with Crippen molar-refractivity contribution in [3.63, 3.8) is 0 Å². The number of unbranched alkanes of at least 4 members (excludes halogenated alkanes) is 9. The van der Waals surface area contributed by atoms with E-state index in [0.717, 1.165) is 24.1 Å². The van der Waals surface area contributed by atoms with Crippen molar-refractivity contribution in [2.75, 3.05) is 42.5 Å². The van der Waals surface area contributed by atoms with E-state index in [4.69, 9.17) is 4.74 Å². The number of sulfonamides is 2. The molecule has 1 saturated heterocycles. The number of morpholine rings is 1. The Morgan fingerprint density at radius 3 is 2.16 bits per heavy atom. The molecule has 0 atom stereocenters. The Balaban J connectivity index is 1.51. The van der Waals surface area contributed by atoms with Gasteiger partial charge in [-0.3, -0.25) is 4.72 Å². The smallest absolute Gasteiger partial charge is 0.256 e. The molecule has 0 amide bonds. The molecule has 9 nitrogen and oxygen atoms in total. The quantitative estimate of drug-likeness (QED) is 0.147. The first-order valence-electron chi connectivity index (χ1n) is 16.4. The van der Waals surface area contributed by atoms with Gasteiger partial charge in [-0.05, 0) is 42.7 Å². The fourth-order valence-corrected chi connectivity index (χ4v) is 9.13. The van der Waals surface area contributed by atoms with Crippen LogP contribution in [-0.2, 0) is 30.2 Å². The highest BCUT2D eigenvalue weighted by atomic mass is 32.2. The zero-order valence-corrected chi connectivity index (χ0v) is 29.0. The van der Waals surface area contributed by atoms with Gasteiger partial charge in [-0.1, -0.05) is 96.8 Å². The van der Waals surface area contributed by atoms with Crippen molar-refractivity contribution in [2.24, 2.45) is 0 Å². The number of phenols is 1. The summed E-state index contributed by atoms with van der Waals surface area (Å²) in [5.74, 6) is -0.391. The monoisotopic (exact) mass is 661 g/mol. The number of aryl methyl sites for hydroxylation is 1. The van der Waals surface area contributed by atoms with E-state index in [1.54, 1.807) is 6.92 Å². The highest BCUT2D eigenvalue weighted by molar-refractivity contribution is 7.95. The molecule has 4 rings (SSSR count). The number of allylic oxidation sites excluding steroid dienone is 1. The second-order valence-electron chi connectivity index (χ2n) is 12.8. The normalized spacial score (nSPS) is 18.0. The zero-order chi connectivity index (χ0) is 32.7. The minimum atomic E-state index is -4.07. The lowest BCUT2D eigenvalue weighted by Crippen LogP contribution is -2.40. The van der Waals surface area contributed by atoms with Gasteiger partial charge in [0.2, 0.25) is 10.0 Å². The van der Waals surface area contributed by atoms with Crippen molar-refractivity contribution < 1.29 is 26.7 Å². The molecule has 2 aliphatic rings. The summed E-state index contributed by atoms with van der Waals surface area (Å²) < 4.78 is 63.2. The van der Waals surface area contributed by atoms with Crippen LogP contribution in [-0.4, -0.2) is 59.1 Å². The number of aromatic hydroxyl groups is 1. The van der Waals surface area contributed by atoms with Crippen molar-refractivity contribution in [1.29, 1.82) is 0 Å². The van der Waals surface area contributed by atoms with Crippen LogP contribution in [0.1, 0.15) is 96.1 Å². The molecule has 0 saturated carbocycles. The van der Waals surface area contributed by atoms with Crippen LogP contribution >= 0.6 is 0 Å². The van der Waals surface area contributed by atoms with Crippen molar-refractivity contribution in [2.45, 2.75) is 102 Å². The SMILES string of the molecule is CCCCCCCCCCCCN1C(=CS(=O)(=O)Nc2cc(C)c(O)c(S(=O)(=O)N3CCOCC3)c2)C(C)(C)c2ccccc21. The molecule has 45 heavy (non-hydrogen) atoms. The standard InChI is InChI=1S/C34H51N3O6S2/c1-5-6-7-8-9-10-11-12-13-16-19-37-30-18-15-14-17-29(30)34(3,4)32(37)26-44(39,40)35-28-24-27(2)33(38)31(25-28)45(41,42)36-20-22-43-23-21-36/h14-15,17-18,24-26,35,38H,5-13,16,19-23H2,1-4H3. The molecule has 2 aromatic carbocycles. The first-order chi connectivity index (χ1) is 21.4. The molecule has 1 fully saturated rings. The molecular weight excluding hydrogens is 611 g/mol. The average molecular weight is 662 g/mol. The lowest BCUT2D eigenvalue weighted by molar-refractivity contribution is 0.0729. The van der Waals surface area contributed by atoms with Crippen LogP contribution in [0, 0.1) is 6.92 Å². The summed E-state index contributed by atoms with van der Waals surface area (Å²) in [5, 5.41) is 12.0. The molecule has 0 unspecified atom stereocenters. The molecule has 11 heteroatoms. The van der Waals surface area contributed by atoms with E-state index < -0.39 is 31.2 Å². The van der Waals surface area contributed by atoms with Crippen LogP contribution in [0.4, 0.5) is 11.4 Å². The third kappa shape index (κ3) is 8.61. The van der Waals surface area contributed by atoms with Crippen LogP contribution < -0.4 is 9.62 Å². The van der Waals surface area contributed by atoms with Crippen molar-refractivity contribution in [1.82, 2.24) is 4.31 Å². The zero-order valence-electron chi connectivity index (χ0n) is 27.3. The van der Waals surface area contributed by atoms with E-state index in [1.807, 2.05) is 38.1 Å². The number of phenolic OH excluding ortho intramolecular Hbond substituents is 1. The minimum absolute atomic E-state index is 0.0727. The van der Waals surface area contributed by atoms with Crippen LogP contribution in [0.2, 0.25) is 0 Å². The molecule has 0 radical (unpaired) electrons. The molecule has 2 heterocycles. The highest BCUT2D eigenvalue weighted by Gasteiger charge is 2.41. The highest BCUT2D eigenvalue weighted by Crippen LogP contribution is 2.48. The summed E-state index contributed by atoms with van der Waals surface area (Å²) in [7, 11) is -8.13. The average Bonchev–Trinajstić information content (AvgIpc) is 3.21. The van der Waals surface area contributed by atoms with Gasteiger partial charge >= 0.3 is 0 Å². The molecular formula is C34H51N3O6S2. The van der Waals surface area contributed by atoms with E-state index in [-0.39, 0.29) is 42.4 Å². The van der Waals surface area contributed by atoms with Gasteiger partial charge in [0, 0.05) is 36.4 Å². The number of hydrogen-bond acceptors (Lipinski definition) is 7. The molecule has 0 aromatic heterocycles. The number of para-hydroxylation sites is 1. The maximum absolute atomic E-state index is 13.7. The number of nitrogens with one attached hydrogen (secondary N) is 1. The summed E-state index contributed by atoms with van der Waals surface area (Å²) in [4.78, 5) is 1.79. The maximum atomic E-state index is 13.7. The summed E-state index contributed by atoms with van der Waals surface area (Å²) in [5.41, 5.74) is 2.52. The summed E-state index contributed by atoms with van der Waals surface area (Å²) >= 11 is 0. The van der Waals surface area contributed by atoms with Gasteiger partial charge in [-0.2, -0.15) is 4.31 Å².